The van der Waals surface area contributed by atoms with Crippen LogP contribution < -0.4 is 5.73 Å². The average Bonchev–Trinajstić information content (AvgIpc) is 2.87. The third-order valence-electron chi connectivity index (χ3n) is 3.51. The average molecular weight is 281 g/mol. The van der Waals surface area contributed by atoms with E-state index < -0.39 is 5.91 Å². The maximum absolute atomic E-state index is 11.1. The van der Waals surface area contributed by atoms with Crippen LogP contribution in [0.25, 0.3) is 10.9 Å². The molecule has 0 bridgehead atoms. The van der Waals surface area contributed by atoms with Gasteiger partial charge >= 0.3 is 0 Å². The molecular formula is C16H15N3O2. The van der Waals surface area contributed by atoms with Crippen LogP contribution in [0.5, 0.6) is 5.75 Å². The third kappa shape index (κ3) is 2.72. The van der Waals surface area contributed by atoms with E-state index in [-0.39, 0.29) is 11.4 Å². The summed E-state index contributed by atoms with van der Waals surface area (Å²) >= 11 is 0. The molecule has 1 aromatic carbocycles. The van der Waals surface area contributed by atoms with Crippen LogP contribution in [0.1, 0.15) is 21.6 Å². The zero-order valence-electron chi connectivity index (χ0n) is 11.3. The number of fused-ring (bicyclic) bond motifs is 1. The van der Waals surface area contributed by atoms with Gasteiger partial charge in [0.1, 0.15) is 11.4 Å². The number of aromatic amines is 1. The predicted octanol–water partition coefficient (Wildman–Crippen LogP) is 2.15. The van der Waals surface area contributed by atoms with Crippen LogP contribution in [0, 0.1) is 0 Å². The first-order chi connectivity index (χ1) is 10.1. The highest BCUT2D eigenvalue weighted by Gasteiger charge is 2.07. The van der Waals surface area contributed by atoms with E-state index in [1.165, 1.54) is 0 Å². The van der Waals surface area contributed by atoms with Crippen LogP contribution in [-0.4, -0.2) is 21.0 Å². The van der Waals surface area contributed by atoms with E-state index in [2.05, 4.69) is 9.97 Å². The number of carbonyl (C=O) groups is 1. The zero-order valence-corrected chi connectivity index (χ0v) is 11.3. The van der Waals surface area contributed by atoms with Crippen LogP contribution in [0.15, 0.2) is 42.7 Å². The number of H-pyrrole nitrogens is 1. The Morgan fingerprint density at radius 3 is 2.90 bits per heavy atom. The molecule has 0 atom stereocenters. The van der Waals surface area contributed by atoms with Gasteiger partial charge in [-0.05, 0) is 54.3 Å². The van der Waals surface area contributed by atoms with Crippen LogP contribution in [-0.2, 0) is 12.8 Å². The molecule has 5 heteroatoms. The molecule has 0 fully saturated rings. The SMILES string of the molecule is NC(=O)c1cc(CCc2c[nH]c3ccc(O)cc23)ccn1. The van der Waals surface area contributed by atoms with Gasteiger partial charge in [-0.25, -0.2) is 0 Å². The molecule has 0 spiro atoms. The number of nitrogens with one attached hydrogen (secondary N) is 1. The van der Waals surface area contributed by atoms with Crippen molar-refractivity contribution in [2.45, 2.75) is 12.8 Å². The number of carbonyl (C=O) groups excluding carboxylic acids is 1. The molecule has 0 unspecified atom stereocenters. The fourth-order valence-electron chi connectivity index (χ4n) is 2.42. The molecule has 2 aromatic heterocycles. The minimum Gasteiger partial charge on any atom is -0.508 e. The van der Waals surface area contributed by atoms with Crippen LogP contribution >= 0.6 is 0 Å². The number of aromatic nitrogens is 2. The predicted molar refractivity (Wildman–Crippen MR) is 80.1 cm³/mol. The summed E-state index contributed by atoms with van der Waals surface area (Å²) in [6.07, 6.45) is 5.11. The zero-order chi connectivity index (χ0) is 14.8. The van der Waals surface area contributed by atoms with Crippen molar-refractivity contribution in [3.8, 4) is 5.75 Å². The van der Waals surface area contributed by atoms with Crippen molar-refractivity contribution in [2.75, 3.05) is 0 Å². The van der Waals surface area contributed by atoms with Crippen molar-refractivity contribution in [1.29, 1.82) is 0 Å². The highest BCUT2D eigenvalue weighted by molar-refractivity contribution is 5.90. The third-order valence-corrected chi connectivity index (χ3v) is 3.51. The number of phenols is 1. The molecule has 106 valence electrons. The topological polar surface area (TPSA) is 92.0 Å². The van der Waals surface area contributed by atoms with Gasteiger partial charge in [0.2, 0.25) is 0 Å². The minimum absolute atomic E-state index is 0.253. The smallest absolute Gasteiger partial charge is 0.267 e. The number of hydrogen-bond acceptors (Lipinski definition) is 3. The Labute approximate surface area is 121 Å². The van der Waals surface area contributed by atoms with Gasteiger partial charge < -0.3 is 15.8 Å². The normalized spacial score (nSPS) is 10.9. The summed E-state index contributed by atoms with van der Waals surface area (Å²) in [7, 11) is 0. The molecule has 0 radical (unpaired) electrons. The molecule has 0 aliphatic carbocycles. The lowest BCUT2D eigenvalue weighted by Gasteiger charge is -2.03. The highest BCUT2D eigenvalue weighted by Crippen LogP contribution is 2.24. The first kappa shape index (κ1) is 13.2. The molecule has 21 heavy (non-hydrogen) atoms. The number of nitrogens with two attached hydrogens (primary N) is 1. The van der Waals surface area contributed by atoms with E-state index in [0.29, 0.717) is 0 Å². The molecule has 0 aliphatic rings. The number of primary amides is 1. The summed E-state index contributed by atoms with van der Waals surface area (Å²) in [5.41, 5.74) is 8.64. The number of rotatable bonds is 4. The van der Waals surface area contributed by atoms with E-state index in [1.807, 2.05) is 18.3 Å². The van der Waals surface area contributed by atoms with Crippen LogP contribution in [0.3, 0.4) is 0 Å². The Balaban J connectivity index is 1.82. The van der Waals surface area contributed by atoms with Gasteiger partial charge in [-0.2, -0.15) is 0 Å². The van der Waals surface area contributed by atoms with Crippen molar-refractivity contribution in [3.63, 3.8) is 0 Å². The summed E-state index contributed by atoms with van der Waals surface area (Å²) in [5, 5.41) is 10.6. The van der Waals surface area contributed by atoms with E-state index >= 15 is 0 Å². The molecular weight excluding hydrogens is 266 g/mol. The monoisotopic (exact) mass is 281 g/mol. The quantitative estimate of drug-likeness (QED) is 0.684. The van der Waals surface area contributed by atoms with Gasteiger partial charge in [-0.15, -0.1) is 0 Å². The van der Waals surface area contributed by atoms with Gasteiger partial charge in [-0.1, -0.05) is 0 Å². The van der Waals surface area contributed by atoms with Crippen LogP contribution in [0.2, 0.25) is 0 Å². The fraction of sp³-hybridized carbons (Fsp3) is 0.125. The Morgan fingerprint density at radius 1 is 1.24 bits per heavy atom. The number of nitrogens with zero attached hydrogens (tertiary/aromatic N) is 1. The first-order valence-corrected chi connectivity index (χ1v) is 6.67. The number of aromatic hydroxyl groups is 1. The minimum atomic E-state index is -0.520. The second-order valence-electron chi connectivity index (χ2n) is 4.96. The Bertz CT molecular complexity index is 808. The second kappa shape index (κ2) is 5.28. The van der Waals surface area contributed by atoms with Gasteiger partial charge in [-0.3, -0.25) is 9.78 Å². The van der Waals surface area contributed by atoms with Crippen LogP contribution in [0.4, 0.5) is 0 Å². The standard InChI is InChI=1S/C16H15N3O2/c17-16(21)15-7-10(5-6-18-15)1-2-11-9-19-14-4-3-12(20)8-13(11)14/h3-9,19-20H,1-2H2,(H2,17,21). The molecule has 3 aromatic rings. The van der Waals surface area contributed by atoms with Crippen molar-refractivity contribution in [2.24, 2.45) is 5.73 Å². The number of amides is 1. The Hall–Kier alpha value is -2.82. The lowest BCUT2D eigenvalue weighted by Crippen LogP contribution is -2.13. The van der Waals surface area contributed by atoms with E-state index in [4.69, 9.17) is 5.73 Å². The first-order valence-electron chi connectivity index (χ1n) is 6.67. The number of phenolic OH excluding ortho intramolecular Hbond substituents is 1. The summed E-state index contributed by atoms with van der Waals surface area (Å²) in [5.74, 6) is -0.267. The fourth-order valence-corrected chi connectivity index (χ4v) is 2.42. The molecule has 0 saturated heterocycles. The Morgan fingerprint density at radius 2 is 2.10 bits per heavy atom. The summed E-state index contributed by atoms with van der Waals surface area (Å²) in [6, 6.07) is 8.85. The van der Waals surface area contributed by atoms with Crippen molar-refractivity contribution in [1.82, 2.24) is 9.97 Å². The number of aryl methyl sites for hydroxylation is 2. The molecule has 5 nitrogen and oxygen atoms in total. The van der Waals surface area contributed by atoms with E-state index in [9.17, 15) is 9.90 Å². The summed E-state index contributed by atoms with van der Waals surface area (Å²) < 4.78 is 0. The maximum Gasteiger partial charge on any atom is 0.267 e. The maximum atomic E-state index is 11.1. The second-order valence-corrected chi connectivity index (χ2v) is 4.96. The lowest BCUT2D eigenvalue weighted by atomic mass is 10.0. The van der Waals surface area contributed by atoms with Crippen molar-refractivity contribution < 1.29 is 9.90 Å². The summed E-state index contributed by atoms with van der Waals surface area (Å²) in [6.45, 7) is 0. The number of pyridine rings is 1. The molecule has 0 aliphatic heterocycles. The molecule has 4 N–H and O–H groups in total. The van der Waals surface area contributed by atoms with Gasteiger partial charge in [0, 0.05) is 23.3 Å². The molecule has 1 amide bonds. The lowest BCUT2D eigenvalue weighted by molar-refractivity contribution is 0.0995. The van der Waals surface area contributed by atoms with Gasteiger partial charge in [0.05, 0.1) is 0 Å². The van der Waals surface area contributed by atoms with Gasteiger partial charge in [0.15, 0.2) is 0 Å². The summed E-state index contributed by atoms with van der Waals surface area (Å²) in [4.78, 5) is 18.2. The Kier molecular flexibility index (Phi) is 3.31. The van der Waals surface area contributed by atoms with E-state index in [0.717, 1.165) is 34.9 Å². The number of benzene rings is 1. The van der Waals surface area contributed by atoms with Crippen molar-refractivity contribution >= 4 is 16.8 Å². The largest absolute Gasteiger partial charge is 0.508 e. The van der Waals surface area contributed by atoms with Crippen molar-refractivity contribution in [3.05, 3.63) is 59.5 Å². The molecule has 0 saturated carbocycles. The molecule has 2 heterocycles. The highest BCUT2D eigenvalue weighted by atomic mass is 16.3. The van der Waals surface area contributed by atoms with E-state index in [1.54, 1.807) is 24.4 Å². The van der Waals surface area contributed by atoms with Gasteiger partial charge in [0.25, 0.3) is 5.91 Å². The molecule has 3 rings (SSSR count). The number of hydrogen-bond donors (Lipinski definition) is 3.